The molecular formula is C82H51N7S. The summed E-state index contributed by atoms with van der Waals surface area (Å²) in [6.45, 7) is 5.14. The topological polar surface area (TPSA) is 72.2 Å². The van der Waals surface area contributed by atoms with Crippen molar-refractivity contribution in [3.05, 3.63) is 294 Å². The fraction of sp³-hybridized carbons (Fsp3) is 0.0488. The molecule has 0 unspecified atom stereocenters. The molecule has 8 heteroatoms. The van der Waals surface area contributed by atoms with Crippen LogP contribution in [0.2, 0.25) is 0 Å². The lowest BCUT2D eigenvalue weighted by molar-refractivity contribution is 0.876. The predicted octanol–water partition coefficient (Wildman–Crippen LogP) is 20.5. The molecule has 0 amide bonds. The van der Waals surface area contributed by atoms with Gasteiger partial charge in [-0.1, -0.05) is 195 Å². The van der Waals surface area contributed by atoms with Gasteiger partial charge in [-0.05, 0) is 108 Å². The smallest absolute Gasteiger partial charge is 0.104 e. The highest BCUT2D eigenvalue weighted by Crippen LogP contribution is 2.55. The molecule has 90 heavy (non-hydrogen) atoms. The molecule has 7 nitrogen and oxygen atoms in total. The highest BCUT2D eigenvalue weighted by atomic mass is 32.1. The Bertz CT molecular complexity index is 5970. The highest BCUT2D eigenvalue weighted by molar-refractivity contribution is 7.22. The zero-order valence-electron chi connectivity index (χ0n) is 48.7. The van der Waals surface area contributed by atoms with Gasteiger partial charge in [0.25, 0.3) is 0 Å². The van der Waals surface area contributed by atoms with Crippen molar-refractivity contribution in [1.29, 1.82) is 10.5 Å². The number of rotatable bonds is 6. The molecule has 0 radical (unpaired) electrons. The minimum atomic E-state index is 0.433. The van der Waals surface area contributed by atoms with Gasteiger partial charge in [0.2, 0.25) is 0 Å². The molecule has 0 saturated heterocycles. The lowest BCUT2D eigenvalue weighted by Gasteiger charge is -2.29. The van der Waals surface area contributed by atoms with Crippen molar-refractivity contribution >= 4 is 121 Å². The first-order valence-electron chi connectivity index (χ1n) is 30.8. The molecule has 0 bridgehead atoms. The normalized spacial score (nSPS) is 13.6. The van der Waals surface area contributed by atoms with Gasteiger partial charge in [-0.2, -0.15) is 10.5 Å². The van der Waals surface area contributed by atoms with Crippen LogP contribution >= 0.6 is 11.3 Å². The molecule has 3 aliphatic carbocycles. The van der Waals surface area contributed by atoms with E-state index in [0.29, 0.717) is 46.7 Å². The molecule has 0 saturated carbocycles. The summed E-state index contributed by atoms with van der Waals surface area (Å²) in [5, 5.41) is 35.2. The number of aromatic nitrogens is 5. The third kappa shape index (κ3) is 6.80. The Labute approximate surface area is 521 Å². The summed E-state index contributed by atoms with van der Waals surface area (Å²) < 4.78 is 13.0. The molecule has 0 spiro atoms. The number of allylic oxidation sites excluding steroid dienone is 5. The zero-order valence-corrected chi connectivity index (χ0v) is 49.6. The molecule has 16 aromatic rings. The van der Waals surface area contributed by atoms with Crippen LogP contribution in [0.15, 0.2) is 243 Å². The van der Waals surface area contributed by atoms with Gasteiger partial charge in [-0.3, -0.25) is 0 Å². The van der Waals surface area contributed by atoms with Crippen LogP contribution in [0.25, 0.3) is 149 Å². The number of hydrogen-bond acceptors (Lipinski definition) is 3. The lowest BCUT2D eigenvalue weighted by atomic mass is 9.88. The van der Waals surface area contributed by atoms with E-state index in [1.165, 1.54) is 25.9 Å². The van der Waals surface area contributed by atoms with Gasteiger partial charge < -0.3 is 22.8 Å². The summed E-state index contributed by atoms with van der Waals surface area (Å²) >= 11 is 1.84. The van der Waals surface area contributed by atoms with Gasteiger partial charge in [0.05, 0.1) is 72.8 Å². The maximum atomic E-state index is 13.2. The van der Waals surface area contributed by atoms with Crippen molar-refractivity contribution in [3.8, 4) is 51.0 Å². The van der Waals surface area contributed by atoms with Crippen LogP contribution in [0, 0.1) is 22.7 Å². The average Bonchev–Trinajstić information content (AvgIpc) is 1.46. The van der Waals surface area contributed by atoms with Gasteiger partial charge in [0.1, 0.15) is 23.3 Å². The summed E-state index contributed by atoms with van der Waals surface area (Å²) in [5.74, 6) is 0. The van der Waals surface area contributed by atoms with E-state index < -0.39 is 0 Å². The van der Waals surface area contributed by atoms with Crippen LogP contribution < -0.4 is 0 Å². The summed E-state index contributed by atoms with van der Waals surface area (Å²) in [6, 6.07) is 83.8. The molecule has 6 aromatic heterocycles. The van der Waals surface area contributed by atoms with E-state index in [-0.39, 0.29) is 0 Å². The molecule has 3 aliphatic rings. The number of benzene rings is 10. The Hall–Kier alpha value is -11.7. The third-order valence-corrected chi connectivity index (χ3v) is 20.6. The Morgan fingerprint density at radius 1 is 0.433 bits per heavy atom. The first-order valence-corrected chi connectivity index (χ1v) is 31.6. The molecule has 0 fully saturated rings. The first-order chi connectivity index (χ1) is 44.6. The molecule has 0 N–H and O–H groups in total. The zero-order chi connectivity index (χ0) is 59.5. The summed E-state index contributed by atoms with van der Waals surface area (Å²) in [7, 11) is 0. The number of para-hydroxylation sites is 8. The number of hydrogen-bond donors (Lipinski definition) is 0. The number of thiophene rings is 1. The molecule has 19 rings (SSSR count). The lowest BCUT2D eigenvalue weighted by Crippen LogP contribution is -2.19. The van der Waals surface area contributed by atoms with Crippen molar-refractivity contribution in [2.45, 2.75) is 25.7 Å². The maximum Gasteiger partial charge on any atom is 0.104 e. The minimum absolute atomic E-state index is 0.433. The Balaban J connectivity index is 1.06. The van der Waals surface area contributed by atoms with E-state index >= 15 is 0 Å². The summed E-state index contributed by atoms with van der Waals surface area (Å²) in [6.07, 6.45) is 14.3. The Morgan fingerprint density at radius 3 is 1.52 bits per heavy atom. The molecule has 420 valence electrons. The van der Waals surface area contributed by atoms with Gasteiger partial charge >= 0.3 is 0 Å². The third-order valence-electron chi connectivity index (χ3n) is 19.4. The van der Waals surface area contributed by atoms with E-state index in [2.05, 4.69) is 284 Å². The van der Waals surface area contributed by atoms with Crippen LogP contribution in [0.1, 0.15) is 56.9 Å². The van der Waals surface area contributed by atoms with Crippen LogP contribution in [0.5, 0.6) is 0 Å². The minimum Gasteiger partial charge on any atom is -0.310 e. The molecule has 0 aliphatic heterocycles. The Morgan fingerprint density at radius 2 is 0.922 bits per heavy atom. The van der Waals surface area contributed by atoms with Gasteiger partial charge in [-0.25, -0.2) is 0 Å². The first kappa shape index (κ1) is 50.5. The molecule has 6 heterocycles. The fourth-order valence-corrected chi connectivity index (χ4v) is 17.2. The summed E-state index contributed by atoms with van der Waals surface area (Å²) in [4.78, 5) is 1.21. The van der Waals surface area contributed by atoms with Crippen LogP contribution in [0.4, 0.5) is 0 Å². The van der Waals surface area contributed by atoms with E-state index in [4.69, 9.17) is 6.58 Å². The summed E-state index contributed by atoms with van der Waals surface area (Å²) in [5.41, 5.74) is 22.1. The molecular weight excluding hydrogens is 1120 g/mol. The second-order valence-corrected chi connectivity index (χ2v) is 25.0. The van der Waals surface area contributed by atoms with Crippen molar-refractivity contribution in [1.82, 2.24) is 22.8 Å². The second kappa shape index (κ2) is 19.2. The van der Waals surface area contributed by atoms with Crippen LogP contribution in [-0.4, -0.2) is 22.8 Å². The van der Waals surface area contributed by atoms with Crippen molar-refractivity contribution in [2.75, 3.05) is 0 Å². The SMILES string of the molecule is C=C1Cc2c(sc3ccccc23)-c2c3c(n(-c4c(C#N)c(-n5c6c(c7ccccc75)C=CCC6)c(-n5c6ccccc6c6ccccc65)c(C#N)c4-n4c5ccccc5c5ccccc54)c21)C=C(c1cccc2c4ccccc4n(-c4ccccc4)c12)C=CC3. The molecule has 0 atom stereocenters. The van der Waals surface area contributed by atoms with Gasteiger partial charge in [0.15, 0.2) is 0 Å². The van der Waals surface area contributed by atoms with Crippen molar-refractivity contribution in [2.24, 2.45) is 0 Å². The van der Waals surface area contributed by atoms with Crippen LogP contribution in [0.3, 0.4) is 0 Å². The monoisotopic (exact) mass is 1170 g/mol. The van der Waals surface area contributed by atoms with Crippen molar-refractivity contribution in [3.63, 3.8) is 0 Å². The van der Waals surface area contributed by atoms with E-state index in [1.807, 2.05) is 11.3 Å². The maximum absolute atomic E-state index is 13.2. The molecule has 10 aromatic carbocycles. The Kier molecular flexibility index (Phi) is 10.7. The van der Waals surface area contributed by atoms with E-state index in [1.54, 1.807) is 0 Å². The number of fused-ring (bicyclic) bond motifs is 19. The predicted molar refractivity (Wildman–Crippen MR) is 373 cm³/mol. The quantitative estimate of drug-likeness (QED) is 0.166. The van der Waals surface area contributed by atoms with E-state index in [9.17, 15) is 10.5 Å². The number of nitrogens with zero attached hydrogens (tertiary/aromatic N) is 7. The van der Waals surface area contributed by atoms with E-state index in [0.717, 1.165) is 140 Å². The fourth-order valence-electron chi connectivity index (χ4n) is 15.9. The highest BCUT2D eigenvalue weighted by Gasteiger charge is 2.39. The van der Waals surface area contributed by atoms with Gasteiger partial charge in [0, 0.05) is 81.8 Å². The van der Waals surface area contributed by atoms with Gasteiger partial charge in [-0.15, -0.1) is 11.3 Å². The standard InChI is InChI=1S/C82H51N7S/c1-49-45-63-60-33-12-20-44-74(60)90-82(63)75-62-36-21-23-50(52-34-22-35-61-59-32-11-13-37-66(59)85(77(52)61)51-24-3-2-4-25-51)46-73(62)89(76(49)75)81-65(48-84)79(87-69-40-16-7-28-55(69)56-29-8-17-41-70(56)87)78(86-67-38-14-5-26-53(67)54-27-6-15-39-68(54)86)64(47-83)80(81)88-71-42-18-9-30-57(71)58-31-10-19-43-72(58)88/h2-16,18-35,37-40,42-44,46H,1,17,36,41,45H2. The largest absolute Gasteiger partial charge is 0.310 e. The van der Waals surface area contributed by atoms with Crippen molar-refractivity contribution < 1.29 is 0 Å². The van der Waals surface area contributed by atoms with Crippen LogP contribution in [-0.2, 0) is 19.3 Å². The number of nitriles is 2. The average molecular weight is 1170 g/mol. The second-order valence-electron chi connectivity index (χ2n) is 24.0.